The van der Waals surface area contributed by atoms with Gasteiger partial charge >= 0.3 is 6.18 Å². The Labute approximate surface area is 114 Å². The Balaban J connectivity index is 2.19. The smallest absolute Gasteiger partial charge is 0.390 e. The fraction of sp³-hybridized carbons (Fsp3) is 0.462. The van der Waals surface area contributed by atoms with Crippen LogP contribution in [0.25, 0.3) is 0 Å². The molecule has 20 heavy (non-hydrogen) atoms. The first-order valence-corrected chi connectivity index (χ1v) is 6.20. The summed E-state index contributed by atoms with van der Waals surface area (Å²) in [7, 11) is 1.79. The van der Waals surface area contributed by atoms with Gasteiger partial charge in [0, 0.05) is 25.5 Å². The molecule has 0 saturated heterocycles. The molecular formula is C13H16F3N3O. The number of aromatic nitrogens is 2. The van der Waals surface area contributed by atoms with Crippen molar-refractivity contribution < 1.29 is 17.6 Å². The zero-order chi connectivity index (χ0) is 14.8. The Morgan fingerprint density at radius 2 is 2.20 bits per heavy atom. The normalized spacial score (nSPS) is 15.2. The molecular weight excluding hydrogens is 271 g/mol. The van der Waals surface area contributed by atoms with Gasteiger partial charge in [0.2, 0.25) is 0 Å². The lowest BCUT2D eigenvalue weighted by Gasteiger charge is -2.22. The highest BCUT2D eigenvalue weighted by Gasteiger charge is 2.32. The Morgan fingerprint density at radius 3 is 2.70 bits per heavy atom. The molecule has 2 unspecified atom stereocenters. The summed E-state index contributed by atoms with van der Waals surface area (Å²) in [6, 6.07) is 2.15. The lowest BCUT2D eigenvalue weighted by molar-refractivity contribution is -0.139. The van der Waals surface area contributed by atoms with Crippen molar-refractivity contribution in [1.82, 2.24) is 14.9 Å². The van der Waals surface area contributed by atoms with E-state index < -0.39 is 24.7 Å². The molecule has 0 fully saturated rings. The number of nitrogens with zero attached hydrogens (tertiary/aromatic N) is 2. The van der Waals surface area contributed by atoms with Crippen LogP contribution in [0.15, 0.2) is 35.2 Å². The molecule has 2 aromatic rings. The van der Waals surface area contributed by atoms with Crippen molar-refractivity contribution in [1.29, 1.82) is 0 Å². The zero-order valence-corrected chi connectivity index (χ0v) is 11.2. The van der Waals surface area contributed by atoms with Crippen molar-refractivity contribution in [2.45, 2.75) is 31.6 Å². The van der Waals surface area contributed by atoms with Gasteiger partial charge in [-0.25, -0.2) is 4.98 Å². The molecule has 0 bridgehead atoms. The summed E-state index contributed by atoms with van der Waals surface area (Å²) in [6.07, 6.45) is -0.291. The van der Waals surface area contributed by atoms with Crippen LogP contribution in [-0.2, 0) is 7.05 Å². The van der Waals surface area contributed by atoms with Crippen LogP contribution >= 0.6 is 0 Å². The first-order valence-electron chi connectivity index (χ1n) is 6.20. The molecule has 0 aliphatic heterocycles. The maximum atomic E-state index is 12.4. The van der Waals surface area contributed by atoms with Crippen LogP contribution in [-0.4, -0.2) is 21.8 Å². The van der Waals surface area contributed by atoms with Gasteiger partial charge in [-0.15, -0.1) is 0 Å². The van der Waals surface area contributed by atoms with Crippen molar-refractivity contribution in [3.8, 4) is 0 Å². The van der Waals surface area contributed by atoms with Crippen molar-refractivity contribution in [3.63, 3.8) is 0 Å². The first-order chi connectivity index (χ1) is 9.37. The van der Waals surface area contributed by atoms with Crippen LogP contribution in [0.2, 0.25) is 0 Å². The summed E-state index contributed by atoms with van der Waals surface area (Å²) in [6.45, 7) is 1.49. The number of alkyl halides is 3. The van der Waals surface area contributed by atoms with Gasteiger partial charge in [0.25, 0.3) is 0 Å². The van der Waals surface area contributed by atoms with Gasteiger partial charge in [0.15, 0.2) is 0 Å². The van der Waals surface area contributed by atoms with Gasteiger partial charge in [-0.05, 0) is 19.1 Å². The van der Waals surface area contributed by atoms with Crippen molar-refractivity contribution in [2.24, 2.45) is 7.05 Å². The minimum absolute atomic E-state index is 0.512. The van der Waals surface area contributed by atoms with E-state index in [1.807, 2.05) is 0 Å². The number of aryl methyl sites for hydroxylation is 1. The highest BCUT2D eigenvalue weighted by atomic mass is 19.4. The monoisotopic (exact) mass is 287 g/mol. The molecule has 4 nitrogen and oxygen atoms in total. The maximum absolute atomic E-state index is 12.4. The van der Waals surface area contributed by atoms with E-state index in [9.17, 15) is 13.2 Å². The van der Waals surface area contributed by atoms with Gasteiger partial charge < -0.3 is 8.98 Å². The average molecular weight is 287 g/mol. The highest BCUT2D eigenvalue weighted by molar-refractivity contribution is 5.16. The number of hydrogen-bond donors (Lipinski definition) is 1. The van der Waals surface area contributed by atoms with E-state index in [0.717, 1.165) is 0 Å². The van der Waals surface area contributed by atoms with E-state index in [0.29, 0.717) is 11.6 Å². The van der Waals surface area contributed by atoms with Crippen LogP contribution < -0.4 is 5.32 Å². The summed E-state index contributed by atoms with van der Waals surface area (Å²) < 4.78 is 44.4. The topological polar surface area (TPSA) is 43.0 Å². The minimum atomic E-state index is -4.21. The van der Waals surface area contributed by atoms with Crippen LogP contribution in [0, 0.1) is 0 Å². The predicted octanol–water partition coefficient (Wildman–Crippen LogP) is 3.03. The molecule has 0 spiro atoms. The van der Waals surface area contributed by atoms with Gasteiger partial charge in [0.1, 0.15) is 17.6 Å². The number of imidazole rings is 1. The molecule has 0 saturated carbocycles. The zero-order valence-electron chi connectivity index (χ0n) is 11.2. The number of hydrogen-bond acceptors (Lipinski definition) is 3. The molecule has 0 aliphatic rings. The van der Waals surface area contributed by atoms with E-state index in [1.165, 1.54) is 13.2 Å². The quantitative estimate of drug-likeness (QED) is 0.919. The molecule has 0 amide bonds. The van der Waals surface area contributed by atoms with E-state index in [2.05, 4.69) is 10.3 Å². The van der Waals surface area contributed by atoms with Crippen molar-refractivity contribution >= 4 is 0 Å². The minimum Gasteiger partial charge on any atom is -0.467 e. The predicted molar refractivity (Wildman–Crippen MR) is 67.0 cm³/mol. The Kier molecular flexibility index (Phi) is 4.17. The molecule has 2 atom stereocenters. The van der Waals surface area contributed by atoms with Gasteiger partial charge in [-0.1, -0.05) is 0 Å². The molecule has 2 rings (SSSR count). The van der Waals surface area contributed by atoms with Gasteiger partial charge in [-0.2, -0.15) is 13.2 Å². The lowest BCUT2D eigenvalue weighted by atomic mass is 10.1. The third-order valence-corrected chi connectivity index (χ3v) is 2.93. The third-order valence-electron chi connectivity index (χ3n) is 2.93. The largest absolute Gasteiger partial charge is 0.467 e. The summed E-state index contributed by atoms with van der Waals surface area (Å²) in [5.74, 6) is 1.14. The molecule has 110 valence electrons. The van der Waals surface area contributed by atoms with Crippen LogP contribution in [0.4, 0.5) is 13.2 Å². The summed E-state index contributed by atoms with van der Waals surface area (Å²) in [5.41, 5.74) is 0. The van der Waals surface area contributed by atoms with Gasteiger partial charge in [-0.3, -0.25) is 5.32 Å². The molecule has 0 aromatic carbocycles. The molecule has 0 radical (unpaired) electrons. The Morgan fingerprint density at radius 1 is 1.45 bits per heavy atom. The second-order valence-electron chi connectivity index (χ2n) is 4.73. The number of furan rings is 1. The van der Waals surface area contributed by atoms with E-state index in [-0.39, 0.29) is 0 Å². The third kappa shape index (κ3) is 3.63. The number of nitrogens with one attached hydrogen (secondary N) is 1. The van der Waals surface area contributed by atoms with Crippen LogP contribution in [0.5, 0.6) is 0 Å². The molecule has 7 heteroatoms. The van der Waals surface area contributed by atoms with Crippen LogP contribution in [0.1, 0.15) is 31.0 Å². The average Bonchev–Trinajstić information content (AvgIpc) is 2.94. The second-order valence-corrected chi connectivity index (χ2v) is 4.73. The van der Waals surface area contributed by atoms with E-state index >= 15 is 0 Å². The molecule has 2 aromatic heterocycles. The molecule has 1 N–H and O–H groups in total. The van der Waals surface area contributed by atoms with Crippen molar-refractivity contribution in [3.05, 3.63) is 42.4 Å². The highest BCUT2D eigenvalue weighted by Crippen LogP contribution is 2.25. The van der Waals surface area contributed by atoms with Gasteiger partial charge in [0.05, 0.1) is 12.7 Å². The fourth-order valence-electron chi connectivity index (χ4n) is 2.09. The first kappa shape index (κ1) is 14.6. The Hall–Kier alpha value is -1.76. The lowest BCUT2D eigenvalue weighted by Crippen LogP contribution is -2.35. The second kappa shape index (κ2) is 5.70. The van der Waals surface area contributed by atoms with E-state index in [1.54, 1.807) is 36.1 Å². The fourth-order valence-corrected chi connectivity index (χ4v) is 2.09. The summed E-state index contributed by atoms with van der Waals surface area (Å²) >= 11 is 0. The number of rotatable bonds is 5. The SMILES string of the molecule is CC(CC(F)(F)F)NC(c1ccco1)c1nccn1C. The number of halogens is 3. The Bertz CT molecular complexity index is 533. The maximum Gasteiger partial charge on any atom is 0.390 e. The molecule has 0 aliphatic carbocycles. The van der Waals surface area contributed by atoms with E-state index in [4.69, 9.17) is 4.42 Å². The van der Waals surface area contributed by atoms with Crippen LogP contribution in [0.3, 0.4) is 0 Å². The standard InChI is InChI=1S/C13H16F3N3O/c1-9(8-13(14,15)16)18-11(10-4-3-7-20-10)12-17-5-6-19(12)2/h3-7,9,11,18H,8H2,1-2H3. The van der Waals surface area contributed by atoms with Crippen molar-refractivity contribution in [2.75, 3.05) is 0 Å². The summed E-state index contributed by atoms with van der Waals surface area (Å²) in [5, 5.41) is 2.92. The molecule has 2 heterocycles. The summed E-state index contributed by atoms with van der Waals surface area (Å²) in [4.78, 5) is 4.18.